The highest BCUT2D eigenvalue weighted by molar-refractivity contribution is 5.81. The van der Waals surface area contributed by atoms with Crippen molar-refractivity contribution in [1.82, 2.24) is 19.5 Å². The summed E-state index contributed by atoms with van der Waals surface area (Å²) in [5.74, 6) is -0.543. The van der Waals surface area contributed by atoms with Gasteiger partial charge in [0.25, 0.3) is 0 Å². The zero-order valence-electron chi connectivity index (χ0n) is 10.0. The number of anilines is 1. The standard InChI is InChI=1S/C11H14FN5O2/c12-8-5(2-18)7(19)1-6(8)17-4-16-9-10(13)14-3-15-11(9)17/h3-8,18-19H,1-2H2,(H2,13,14,15)/t5-,6+,7+,8+/m1/s1. The summed E-state index contributed by atoms with van der Waals surface area (Å²) in [6, 6.07) is -0.605. The molecule has 0 amide bonds. The van der Waals surface area contributed by atoms with Gasteiger partial charge in [0.15, 0.2) is 11.5 Å². The van der Waals surface area contributed by atoms with E-state index in [-0.39, 0.29) is 18.8 Å². The fourth-order valence-corrected chi connectivity index (χ4v) is 2.65. The maximum absolute atomic E-state index is 14.3. The minimum atomic E-state index is -1.35. The van der Waals surface area contributed by atoms with E-state index in [1.165, 1.54) is 12.7 Å². The Morgan fingerprint density at radius 1 is 1.42 bits per heavy atom. The molecule has 4 atom stereocenters. The van der Waals surface area contributed by atoms with Crippen molar-refractivity contribution in [3.05, 3.63) is 12.7 Å². The van der Waals surface area contributed by atoms with Crippen molar-refractivity contribution >= 4 is 17.0 Å². The average Bonchev–Trinajstić information content (AvgIpc) is 2.92. The van der Waals surface area contributed by atoms with E-state index in [4.69, 9.17) is 10.8 Å². The van der Waals surface area contributed by atoms with Crippen LogP contribution < -0.4 is 5.73 Å². The average molecular weight is 267 g/mol. The zero-order chi connectivity index (χ0) is 13.6. The predicted octanol–water partition coefficient (Wildman–Crippen LogP) is -0.339. The molecule has 0 bridgehead atoms. The molecule has 4 N–H and O–H groups in total. The van der Waals surface area contributed by atoms with Crippen molar-refractivity contribution in [2.75, 3.05) is 12.3 Å². The number of hydrogen-bond donors (Lipinski definition) is 3. The molecule has 0 saturated heterocycles. The normalized spacial score (nSPS) is 31.1. The van der Waals surface area contributed by atoms with Gasteiger partial charge >= 0.3 is 0 Å². The summed E-state index contributed by atoms with van der Waals surface area (Å²) in [6.45, 7) is -0.386. The monoisotopic (exact) mass is 267 g/mol. The number of imidazole rings is 1. The summed E-state index contributed by atoms with van der Waals surface area (Å²) < 4.78 is 15.8. The fraction of sp³-hybridized carbons (Fsp3) is 0.545. The smallest absolute Gasteiger partial charge is 0.165 e. The van der Waals surface area contributed by atoms with Crippen LogP contribution in [0.15, 0.2) is 12.7 Å². The molecule has 1 aliphatic rings. The Morgan fingerprint density at radius 2 is 2.21 bits per heavy atom. The van der Waals surface area contributed by atoms with E-state index in [1.54, 1.807) is 4.57 Å². The molecule has 0 spiro atoms. The summed E-state index contributed by atoms with van der Waals surface area (Å²) in [4.78, 5) is 12.0. The van der Waals surface area contributed by atoms with Crippen LogP contribution in [-0.4, -0.2) is 48.6 Å². The van der Waals surface area contributed by atoms with Crippen molar-refractivity contribution in [1.29, 1.82) is 0 Å². The number of aromatic nitrogens is 4. The number of aliphatic hydroxyl groups is 2. The van der Waals surface area contributed by atoms with E-state index in [9.17, 15) is 9.50 Å². The Balaban J connectivity index is 2.04. The Morgan fingerprint density at radius 3 is 2.89 bits per heavy atom. The van der Waals surface area contributed by atoms with Crippen LogP contribution in [0.2, 0.25) is 0 Å². The summed E-state index contributed by atoms with van der Waals surface area (Å²) in [5.41, 5.74) is 6.52. The number of nitrogens with zero attached hydrogens (tertiary/aromatic N) is 4. The second-order valence-electron chi connectivity index (χ2n) is 4.74. The molecule has 0 unspecified atom stereocenters. The van der Waals surface area contributed by atoms with E-state index in [1.807, 2.05) is 0 Å². The van der Waals surface area contributed by atoms with E-state index in [0.717, 1.165) is 0 Å². The highest BCUT2D eigenvalue weighted by atomic mass is 19.1. The molecule has 102 valence electrons. The Labute approximate surface area is 107 Å². The number of aliphatic hydroxyl groups excluding tert-OH is 2. The van der Waals surface area contributed by atoms with E-state index in [2.05, 4.69) is 15.0 Å². The third-order valence-corrected chi connectivity index (χ3v) is 3.71. The van der Waals surface area contributed by atoms with Crippen LogP contribution in [0.3, 0.4) is 0 Å². The first kappa shape index (κ1) is 12.2. The first-order chi connectivity index (χ1) is 9.13. The molecule has 0 aliphatic heterocycles. The Hall–Kier alpha value is -1.80. The van der Waals surface area contributed by atoms with Gasteiger partial charge in [0.05, 0.1) is 25.1 Å². The number of hydrogen-bond acceptors (Lipinski definition) is 6. The molecule has 1 fully saturated rings. The molecule has 0 aromatic carbocycles. The molecule has 0 radical (unpaired) electrons. The molecule has 19 heavy (non-hydrogen) atoms. The minimum Gasteiger partial charge on any atom is -0.396 e. The van der Waals surface area contributed by atoms with Crippen molar-refractivity contribution in [3.8, 4) is 0 Å². The number of fused-ring (bicyclic) bond motifs is 1. The van der Waals surface area contributed by atoms with Gasteiger partial charge in [-0.25, -0.2) is 19.3 Å². The topological polar surface area (TPSA) is 110 Å². The van der Waals surface area contributed by atoms with Crippen LogP contribution in [0.1, 0.15) is 12.5 Å². The first-order valence-corrected chi connectivity index (χ1v) is 5.99. The lowest BCUT2D eigenvalue weighted by Crippen LogP contribution is -2.25. The fourth-order valence-electron chi connectivity index (χ4n) is 2.65. The quantitative estimate of drug-likeness (QED) is 0.686. The van der Waals surface area contributed by atoms with Crippen molar-refractivity contribution < 1.29 is 14.6 Å². The van der Waals surface area contributed by atoms with Gasteiger partial charge in [0.1, 0.15) is 18.0 Å². The third kappa shape index (κ3) is 1.75. The van der Waals surface area contributed by atoms with E-state index in [0.29, 0.717) is 11.2 Å². The Kier molecular flexibility index (Phi) is 2.83. The van der Waals surface area contributed by atoms with Gasteiger partial charge < -0.3 is 20.5 Å². The lowest BCUT2D eigenvalue weighted by molar-refractivity contribution is 0.0593. The van der Waals surface area contributed by atoms with Crippen LogP contribution in [0.5, 0.6) is 0 Å². The highest BCUT2D eigenvalue weighted by Gasteiger charge is 2.44. The minimum absolute atomic E-state index is 0.210. The van der Waals surface area contributed by atoms with Gasteiger partial charge in [-0.15, -0.1) is 0 Å². The molecule has 1 saturated carbocycles. The molecule has 2 aromatic heterocycles. The number of nitrogen functional groups attached to an aromatic ring is 1. The van der Waals surface area contributed by atoms with Crippen molar-refractivity contribution in [2.45, 2.75) is 24.7 Å². The summed E-state index contributed by atoms with van der Waals surface area (Å²) >= 11 is 0. The van der Waals surface area contributed by atoms with Gasteiger partial charge in [-0.05, 0) is 6.42 Å². The molecular formula is C11H14FN5O2. The molecule has 2 aromatic rings. The summed E-state index contributed by atoms with van der Waals surface area (Å²) in [7, 11) is 0. The number of rotatable bonds is 2. The molecule has 8 heteroatoms. The number of nitrogens with two attached hydrogens (primary N) is 1. The SMILES string of the molecule is Nc1ncnc2c1ncn2[C@H]1C[C@H](O)[C@@H](CO)[C@@H]1F. The largest absolute Gasteiger partial charge is 0.396 e. The third-order valence-electron chi connectivity index (χ3n) is 3.71. The molecule has 2 heterocycles. The molecule has 7 nitrogen and oxygen atoms in total. The van der Waals surface area contributed by atoms with Gasteiger partial charge in [-0.1, -0.05) is 0 Å². The first-order valence-electron chi connectivity index (χ1n) is 5.99. The maximum Gasteiger partial charge on any atom is 0.165 e. The van der Waals surface area contributed by atoms with Crippen LogP contribution in [0.25, 0.3) is 11.2 Å². The Bertz CT molecular complexity index is 604. The van der Waals surface area contributed by atoms with Gasteiger partial charge in [-0.2, -0.15) is 0 Å². The second-order valence-corrected chi connectivity index (χ2v) is 4.74. The lowest BCUT2D eigenvalue weighted by Gasteiger charge is -2.17. The van der Waals surface area contributed by atoms with E-state index < -0.39 is 24.2 Å². The maximum atomic E-state index is 14.3. The number of alkyl halides is 1. The lowest BCUT2D eigenvalue weighted by atomic mass is 10.1. The van der Waals surface area contributed by atoms with Crippen LogP contribution in [-0.2, 0) is 0 Å². The van der Waals surface area contributed by atoms with Crippen molar-refractivity contribution in [3.63, 3.8) is 0 Å². The molecular weight excluding hydrogens is 253 g/mol. The molecule has 1 aliphatic carbocycles. The molecule has 3 rings (SSSR count). The summed E-state index contributed by atoms with van der Waals surface area (Å²) in [5, 5.41) is 18.9. The van der Waals surface area contributed by atoms with Crippen LogP contribution >= 0.6 is 0 Å². The number of halogens is 1. The van der Waals surface area contributed by atoms with Crippen molar-refractivity contribution in [2.24, 2.45) is 5.92 Å². The van der Waals surface area contributed by atoms with Gasteiger partial charge in [-0.3, -0.25) is 0 Å². The van der Waals surface area contributed by atoms with Gasteiger partial charge in [0, 0.05) is 5.92 Å². The highest BCUT2D eigenvalue weighted by Crippen LogP contribution is 2.38. The van der Waals surface area contributed by atoms with Crippen LogP contribution in [0, 0.1) is 5.92 Å². The second kappa shape index (κ2) is 4.39. The van der Waals surface area contributed by atoms with Gasteiger partial charge in [0.2, 0.25) is 0 Å². The van der Waals surface area contributed by atoms with E-state index >= 15 is 0 Å². The summed E-state index contributed by atoms with van der Waals surface area (Å²) in [6.07, 6.45) is 0.717. The predicted molar refractivity (Wildman–Crippen MR) is 64.9 cm³/mol. The van der Waals surface area contributed by atoms with Crippen LogP contribution in [0.4, 0.5) is 10.2 Å². The zero-order valence-corrected chi connectivity index (χ0v) is 10.0.